The van der Waals surface area contributed by atoms with E-state index in [0.717, 1.165) is 18.5 Å². The number of carbonyl (C=O) groups is 2. The fraction of sp³-hybridized carbons (Fsp3) is 0.310. The largest absolute Gasteiger partial charge is 0.478 e. The van der Waals surface area contributed by atoms with Crippen LogP contribution in [0.5, 0.6) is 0 Å². The van der Waals surface area contributed by atoms with Crippen molar-refractivity contribution in [3.63, 3.8) is 0 Å². The van der Waals surface area contributed by atoms with Crippen molar-refractivity contribution >= 4 is 47.1 Å². The van der Waals surface area contributed by atoms with Gasteiger partial charge < -0.3 is 21.1 Å². The summed E-state index contributed by atoms with van der Waals surface area (Å²) >= 11 is 12.2. The van der Waals surface area contributed by atoms with Gasteiger partial charge >= 0.3 is 5.97 Å². The molecule has 7 nitrogen and oxygen atoms in total. The molecular weight excluding hydrogens is 561 g/mol. The molecular formula is C29H28Cl2F2N4O3. The number of pyridine rings is 1. The lowest BCUT2D eigenvalue weighted by Gasteiger charge is -2.40. The molecule has 2 heterocycles. The number of nitrogens with one attached hydrogen (secondary N) is 3. The SMILES string of the molecule is CC(C)(C)CC1NC(C(=O)Nc2ccc(C(=O)O)cn2)C(c2cccc(Cl)c2F)C1(C=N)c1ccc(Cl)cc1F. The highest BCUT2D eigenvalue weighted by Crippen LogP contribution is 2.52. The van der Waals surface area contributed by atoms with Crippen molar-refractivity contribution in [1.29, 1.82) is 5.41 Å². The van der Waals surface area contributed by atoms with E-state index >= 15 is 8.78 Å². The molecule has 1 aliphatic heterocycles. The number of anilines is 1. The molecule has 0 radical (unpaired) electrons. The van der Waals surface area contributed by atoms with Gasteiger partial charge in [-0.05, 0) is 47.7 Å². The highest BCUT2D eigenvalue weighted by Gasteiger charge is 2.59. The zero-order chi connectivity index (χ0) is 29.4. The van der Waals surface area contributed by atoms with E-state index in [4.69, 9.17) is 33.7 Å². The first-order valence-electron chi connectivity index (χ1n) is 12.5. The average Bonchev–Trinajstić information content (AvgIpc) is 3.19. The smallest absolute Gasteiger partial charge is 0.337 e. The molecule has 4 atom stereocenters. The van der Waals surface area contributed by atoms with Crippen LogP contribution in [-0.2, 0) is 10.2 Å². The Morgan fingerprint density at radius 1 is 1.18 bits per heavy atom. The van der Waals surface area contributed by atoms with Crippen molar-refractivity contribution in [2.45, 2.75) is 50.6 Å². The molecule has 1 amide bonds. The molecule has 11 heteroatoms. The summed E-state index contributed by atoms with van der Waals surface area (Å²) in [5.41, 5.74) is -1.83. The first-order chi connectivity index (χ1) is 18.8. The molecule has 0 bridgehead atoms. The summed E-state index contributed by atoms with van der Waals surface area (Å²) in [5.74, 6) is -4.34. The molecule has 0 saturated carbocycles. The van der Waals surface area contributed by atoms with Gasteiger partial charge in [0.15, 0.2) is 0 Å². The summed E-state index contributed by atoms with van der Waals surface area (Å²) in [4.78, 5) is 29.0. The summed E-state index contributed by atoms with van der Waals surface area (Å²) in [5, 5.41) is 23.7. The molecule has 1 fully saturated rings. The minimum atomic E-state index is -1.53. The average molecular weight is 589 g/mol. The summed E-state index contributed by atoms with van der Waals surface area (Å²) < 4.78 is 31.4. The Balaban J connectivity index is 1.92. The number of carboxylic acid groups (broad SMARTS) is 1. The van der Waals surface area contributed by atoms with Gasteiger partial charge in [-0.2, -0.15) is 0 Å². The number of halogens is 4. The van der Waals surface area contributed by atoms with Crippen LogP contribution < -0.4 is 10.6 Å². The summed E-state index contributed by atoms with van der Waals surface area (Å²) in [7, 11) is 0. The number of aromatic nitrogens is 1. The lowest BCUT2D eigenvalue weighted by atomic mass is 9.62. The zero-order valence-electron chi connectivity index (χ0n) is 21.9. The number of benzene rings is 2. The van der Waals surface area contributed by atoms with Crippen LogP contribution in [0, 0.1) is 22.5 Å². The van der Waals surface area contributed by atoms with Crippen molar-refractivity contribution in [1.82, 2.24) is 10.3 Å². The third-order valence-corrected chi connectivity index (χ3v) is 7.65. The Morgan fingerprint density at radius 3 is 2.48 bits per heavy atom. The third-order valence-electron chi connectivity index (χ3n) is 7.12. The van der Waals surface area contributed by atoms with Crippen molar-refractivity contribution in [2.75, 3.05) is 5.32 Å². The fourth-order valence-electron chi connectivity index (χ4n) is 5.47. The van der Waals surface area contributed by atoms with Gasteiger partial charge in [0.25, 0.3) is 0 Å². The molecule has 1 saturated heterocycles. The van der Waals surface area contributed by atoms with Gasteiger partial charge in [0.2, 0.25) is 5.91 Å². The third kappa shape index (κ3) is 5.59. The van der Waals surface area contributed by atoms with Crippen LogP contribution >= 0.6 is 23.2 Å². The molecule has 3 aromatic rings. The minimum Gasteiger partial charge on any atom is -0.478 e. The molecule has 1 aromatic heterocycles. The highest BCUT2D eigenvalue weighted by atomic mass is 35.5. The van der Waals surface area contributed by atoms with Gasteiger partial charge in [-0.3, -0.25) is 4.79 Å². The Kier molecular flexibility index (Phi) is 8.31. The van der Waals surface area contributed by atoms with Crippen molar-refractivity contribution in [3.8, 4) is 0 Å². The quantitative estimate of drug-likeness (QED) is 0.237. The number of carbonyl (C=O) groups excluding carboxylic acids is 1. The van der Waals surface area contributed by atoms with Gasteiger partial charge in [-0.1, -0.05) is 62.2 Å². The van der Waals surface area contributed by atoms with E-state index in [1.54, 1.807) is 0 Å². The van der Waals surface area contributed by atoms with E-state index in [9.17, 15) is 9.59 Å². The van der Waals surface area contributed by atoms with E-state index < -0.39 is 46.9 Å². The molecule has 210 valence electrons. The Hall–Kier alpha value is -3.40. The van der Waals surface area contributed by atoms with E-state index in [2.05, 4.69) is 15.6 Å². The van der Waals surface area contributed by atoms with Gasteiger partial charge in [-0.25, -0.2) is 18.6 Å². The second-order valence-electron chi connectivity index (χ2n) is 11.0. The molecule has 4 N–H and O–H groups in total. The highest BCUT2D eigenvalue weighted by molar-refractivity contribution is 6.31. The van der Waals surface area contributed by atoms with Crippen LogP contribution in [0.15, 0.2) is 54.7 Å². The maximum absolute atomic E-state index is 15.7. The number of hydrogen-bond donors (Lipinski definition) is 4. The van der Waals surface area contributed by atoms with Crippen LogP contribution in [0.4, 0.5) is 14.6 Å². The molecule has 0 spiro atoms. The first-order valence-corrected chi connectivity index (χ1v) is 13.2. The van der Waals surface area contributed by atoms with Crippen LogP contribution in [0.1, 0.15) is 54.6 Å². The second-order valence-corrected chi connectivity index (χ2v) is 11.9. The molecule has 4 rings (SSSR count). The summed E-state index contributed by atoms with van der Waals surface area (Å²) in [6.07, 6.45) is 2.56. The van der Waals surface area contributed by atoms with Crippen molar-refractivity contribution < 1.29 is 23.5 Å². The number of hydrogen-bond acceptors (Lipinski definition) is 5. The molecule has 4 unspecified atom stereocenters. The zero-order valence-corrected chi connectivity index (χ0v) is 23.4. The van der Waals surface area contributed by atoms with E-state index in [1.165, 1.54) is 42.5 Å². The summed E-state index contributed by atoms with van der Waals surface area (Å²) in [6.45, 7) is 5.91. The van der Waals surface area contributed by atoms with Crippen LogP contribution in [0.25, 0.3) is 0 Å². The molecule has 0 aliphatic carbocycles. The standard InChI is InChI=1S/C29H28Cl2F2N4O3/c1-28(2,3)12-21-29(14-34,18-9-8-16(30)11-20(18)32)23(17-5-4-6-19(31)24(17)33)25(36-21)26(38)37-22-10-7-15(13-35-22)27(39)40/h4-11,13-14,21,23,25,34,36H,12H2,1-3H3,(H,39,40)(H,35,37,38). The molecule has 40 heavy (non-hydrogen) atoms. The van der Waals surface area contributed by atoms with Crippen LogP contribution in [0.2, 0.25) is 10.0 Å². The van der Waals surface area contributed by atoms with E-state index in [1.807, 2.05) is 20.8 Å². The van der Waals surface area contributed by atoms with Gasteiger partial charge in [0, 0.05) is 35.0 Å². The van der Waals surface area contributed by atoms with Gasteiger partial charge in [0.1, 0.15) is 17.5 Å². The lowest BCUT2D eigenvalue weighted by Crippen LogP contribution is -2.46. The van der Waals surface area contributed by atoms with Crippen molar-refractivity contribution in [2.24, 2.45) is 5.41 Å². The monoisotopic (exact) mass is 588 g/mol. The second kappa shape index (κ2) is 11.2. The fourth-order valence-corrected chi connectivity index (χ4v) is 5.81. The van der Waals surface area contributed by atoms with E-state index in [-0.39, 0.29) is 38.0 Å². The van der Waals surface area contributed by atoms with E-state index in [0.29, 0.717) is 6.42 Å². The predicted octanol–water partition coefficient (Wildman–Crippen LogP) is 6.45. The number of rotatable bonds is 7. The Morgan fingerprint density at radius 2 is 1.90 bits per heavy atom. The van der Waals surface area contributed by atoms with Gasteiger partial charge in [0.05, 0.1) is 22.0 Å². The van der Waals surface area contributed by atoms with Crippen LogP contribution in [-0.4, -0.2) is 40.3 Å². The Labute approximate surface area is 240 Å². The Bertz CT molecular complexity index is 1460. The lowest BCUT2D eigenvalue weighted by molar-refractivity contribution is -0.118. The predicted molar refractivity (Wildman–Crippen MR) is 151 cm³/mol. The number of carboxylic acids is 1. The maximum atomic E-state index is 15.7. The molecule has 2 aromatic carbocycles. The normalized spacial score (nSPS) is 22.6. The van der Waals surface area contributed by atoms with Gasteiger partial charge in [-0.15, -0.1) is 0 Å². The minimum absolute atomic E-state index is 0.0311. The van der Waals surface area contributed by atoms with Crippen molar-refractivity contribution in [3.05, 3.63) is 93.1 Å². The van der Waals surface area contributed by atoms with Crippen LogP contribution in [0.3, 0.4) is 0 Å². The number of amides is 1. The molecule has 1 aliphatic rings. The number of aromatic carboxylic acids is 1. The first kappa shape index (κ1) is 29.6. The topological polar surface area (TPSA) is 115 Å². The maximum Gasteiger partial charge on any atom is 0.337 e. The number of nitrogens with zero attached hydrogens (tertiary/aromatic N) is 1. The summed E-state index contributed by atoms with van der Waals surface area (Å²) in [6, 6.07) is 9.21.